The van der Waals surface area contributed by atoms with E-state index in [-0.39, 0.29) is 12.8 Å². The maximum Gasteiger partial charge on any atom is 0.189 e. The molecule has 6 heteroatoms. The number of carbonyl (C=O) groups excluding carboxylic acids is 3. The SMILES string of the molecule is CCCCCCCC/C=C\CCCCCCCC(=O)C(O)(C(O)C(C)=O)C(O)C(=O)CCCCCCCCCCCCCCC. The molecule has 0 amide bonds. The summed E-state index contributed by atoms with van der Waals surface area (Å²) in [6.45, 7) is 5.52. The highest BCUT2D eigenvalue weighted by Gasteiger charge is 2.53. The number of carbonyl (C=O) groups is 3. The number of Topliss-reactive ketones (excluding diaryl/α,β-unsaturated/α-hetero) is 3. The Bertz CT molecular complexity index is 763. The second kappa shape index (κ2) is 30.0. The Morgan fingerprint density at radius 1 is 0.511 bits per heavy atom. The van der Waals surface area contributed by atoms with Crippen LogP contribution in [0.2, 0.25) is 0 Å². The summed E-state index contributed by atoms with van der Waals surface area (Å²) < 4.78 is 0. The van der Waals surface area contributed by atoms with Gasteiger partial charge in [-0.1, -0.05) is 154 Å². The van der Waals surface area contributed by atoms with E-state index in [9.17, 15) is 29.7 Å². The molecule has 0 saturated heterocycles. The average molecular weight is 637 g/mol. The van der Waals surface area contributed by atoms with Gasteiger partial charge in [-0.2, -0.15) is 0 Å². The molecule has 0 saturated carbocycles. The number of hydrogen-bond acceptors (Lipinski definition) is 6. The van der Waals surface area contributed by atoms with Gasteiger partial charge in [-0.15, -0.1) is 0 Å². The van der Waals surface area contributed by atoms with Crippen molar-refractivity contribution in [2.75, 3.05) is 0 Å². The van der Waals surface area contributed by atoms with E-state index in [0.717, 1.165) is 64.7 Å². The normalized spacial score (nSPS) is 14.4. The number of aliphatic hydroxyl groups excluding tert-OH is 2. The van der Waals surface area contributed by atoms with Gasteiger partial charge in [0.2, 0.25) is 0 Å². The summed E-state index contributed by atoms with van der Waals surface area (Å²) in [6.07, 6.45) is 29.7. The lowest BCUT2D eigenvalue weighted by molar-refractivity contribution is -0.181. The van der Waals surface area contributed by atoms with Crippen LogP contribution in [-0.2, 0) is 14.4 Å². The Labute approximate surface area is 277 Å². The molecule has 0 spiro atoms. The third-order valence-electron chi connectivity index (χ3n) is 9.16. The first-order chi connectivity index (χ1) is 21.7. The van der Waals surface area contributed by atoms with Crippen molar-refractivity contribution in [2.24, 2.45) is 0 Å². The molecule has 0 bridgehead atoms. The molecule has 3 N–H and O–H groups in total. The van der Waals surface area contributed by atoms with Crippen LogP contribution in [-0.4, -0.2) is 50.5 Å². The number of rotatable bonds is 34. The van der Waals surface area contributed by atoms with Crippen molar-refractivity contribution < 1.29 is 29.7 Å². The molecular formula is C39H72O6. The molecule has 6 nitrogen and oxygen atoms in total. The first-order valence-electron chi connectivity index (χ1n) is 19.0. The lowest BCUT2D eigenvalue weighted by atomic mass is 9.79. The van der Waals surface area contributed by atoms with Crippen molar-refractivity contribution in [1.29, 1.82) is 0 Å². The van der Waals surface area contributed by atoms with Gasteiger partial charge in [0.1, 0.15) is 0 Å². The minimum atomic E-state index is -2.79. The third-order valence-corrected chi connectivity index (χ3v) is 9.16. The second-order valence-corrected chi connectivity index (χ2v) is 13.5. The maximum absolute atomic E-state index is 13.0. The Hall–Kier alpha value is -1.37. The van der Waals surface area contributed by atoms with Gasteiger partial charge in [0, 0.05) is 12.8 Å². The molecule has 264 valence electrons. The van der Waals surface area contributed by atoms with Gasteiger partial charge in [0.25, 0.3) is 0 Å². The summed E-state index contributed by atoms with van der Waals surface area (Å²) in [5.74, 6) is -2.38. The highest BCUT2D eigenvalue weighted by Crippen LogP contribution is 2.25. The van der Waals surface area contributed by atoms with E-state index >= 15 is 0 Å². The van der Waals surface area contributed by atoms with Crippen LogP contribution in [0.1, 0.15) is 201 Å². The van der Waals surface area contributed by atoms with Crippen molar-refractivity contribution in [3.63, 3.8) is 0 Å². The second-order valence-electron chi connectivity index (χ2n) is 13.5. The van der Waals surface area contributed by atoms with E-state index in [1.165, 1.54) is 96.3 Å². The minimum absolute atomic E-state index is 0.00649. The molecule has 0 aromatic heterocycles. The van der Waals surface area contributed by atoms with Crippen molar-refractivity contribution in [2.45, 2.75) is 218 Å². The predicted octanol–water partition coefficient (Wildman–Crippen LogP) is 9.69. The van der Waals surface area contributed by atoms with Crippen LogP contribution >= 0.6 is 0 Å². The molecule has 0 aliphatic heterocycles. The van der Waals surface area contributed by atoms with Gasteiger partial charge in [0.15, 0.2) is 35.2 Å². The van der Waals surface area contributed by atoms with Crippen LogP contribution in [0.3, 0.4) is 0 Å². The molecule has 45 heavy (non-hydrogen) atoms. The van der Waals surface area contributed by atoms with Crippen molar-refractivity contribution in [3.05, 3.63) is 12.2 Å². The summed E-state index contributed by atoms with van der Waals surface area (Å²) in [5.41, 5.74) is -2.79. The van der Waals surface area contributed by atoms with E-state index in [0.29, 0.717) is 12.8 Å². The number of hydrogen-bond donors (Lipinski definition) is 3. The smallest absolute Gasteiger partial charge is 0.189 e. The maximum atomic E-state index is 13.0. The van der Waals surface area contributed by atoms with Crippen molar-refractivity contribution in [3.8, 4) is 0 Å². The molecule has 0 heterocycles. The van der Waals surface area contributed by atoms with E-state index in [4.69, 9.17) is 0 Å². The van der Waals surface area contributed by atoms with Crippen LogP contribution in [0.5, 0.6) is 0 Å². The fraction of sp³-hybridized carbons (Fsp3) is 0.872. The molecule has 0 fully saturated rings. The topological polar surface area (TPSA) is 112 Å². The zero-order valence-electron chi connectivity index (χ0n) is 29.7. The lowest BCUT2D eigenvalue weighted by Crippen LogP contribution is -2.62. The summed E-state index contributed by atoms with van der Waals surface area (Å²) in [5, 5.41) is 32.2. The standard InChI is InChI=1S/C39H72O6/c1-4-6-8-10-12-14-16-18-19-21-23-25-27-29-31-33-36(42)39(45,37(43)34(3)40)38(44)35(41)32-30-28-26-24-22-20-17-15-13-11-9-7-5-2/h18-19,37-38,43-45H,4-17,20-33H2,1-3H3/b19-18-. The first-order valence-corrected chi connectivity index (χ1v) is 19.0. The fourth-order valence-electron chi connectivity index (χ4n) is 6.02. The third kappa shape index (κ3) is 21.9. The van der Waals surface area contributed by atoms with E-state index < -0.39 is 35.2 Å². The minimum Gasteiger partial charge on any atom is -0.382 e. The predicted molar refractivity (Wildman–Crippen MR) is 187 cm³/mol. The van der Waals surface area contributed by atoms with Crippen LogP contribution in [0.15, 0.2) is 12.2 Å². The van der Waals surface area contributed by atoms with Crippen LogP contribution in [0.4, 0.5) is 0 Å². The average Bonchev–Trinajstić information content (AvgIpc) is 3.03. The Morgan fingerprint density at radius 2 is 0.844 bits per heavy atom. The number of aliphatic hydroxyl groups is 3. The molecular weight excluding hydrogens is 564 g/mol. The lowest BCUT2D eigenvalue weighted by Gasteiger charge is -2.33. The molecule has 0 rings (SSSR count). The quantitative estimate of drug-likeness (QED) is 0.0479. The summed E-state index contributed by atoms with van der Waals surface area (Å²) in [4.78, 5) is 37.7. The Kier molecular flexibility index (Phi) is 29.1. The van der Waals surface area contributed by atoms with E-state index in [1.54, 1.807) is 0 Å². The fourth-order valence-corrected chi connectivity index (χ4v) is 6.02. The van der Waals surface area contributed by atoms with Gasteiger partial charge in [-0.25, -0.2) is 0 Å². The van der Waals surface area contributed by atoms with Crippen molar-refractivity contribution in [1.82, 2.24) is 0 Å². The molecule has 3 atom stereocenters. The van der Waals surface area contributed by atoms with Crippen LogP contribution < -0.4 is 0 Å². The van der Waals surface area contributed by atoms with Crippen molar-refractivity contribution >= 4 is 17.3 Å². The monoisotopic (exact) mass is 637 g/mol. The highest BCUT2D eigenvalue weighted by atomic mass is 16.4. The van der Waals surface area contributed by atoms with Gasteiger partial charge in [-0.05, 0) is 45.4 Å². The first kappa shape index (κ1) is 43.6. The highest BCUT2D eigenvalue weighted by molar-refractivity contribution is 6.01. The largest absolute Gasteiger partial charge is 0.382 e. The Morgan fingerprint density at radius 3 is 1.22 bits per heavy atom. The summed E-state index contributed by atoms with van der Waals surface area (Å²) in [7, 11) is 0. The van der Waals surface area contributed by atoms with Crippen LogP contribution in [0, 0.1) is 0 Å². The molecule has 0 aliphatic carbocycles. The number of ketones is 3. The summed E-state index contributed by atoms with van der Waals surface area (Å²) >= 11 is 0. The number of allylic oxidation sites excluding steroid dienone is 2. The van der Waals surface area contributed by atoms with Crippen LogP contribution in [0.25, 0.3) is 0 Å². The van der Waals surface area contributed by atoms with Gasteiger partial charge in [-0.3, -0.25) is 14.4 Å². The van der Waals surface area contributed by atoms with E-state index in [2.05, 4.69) is 26.0 Å². The zero-order valence-corrected chi connectivity index (χ0v) is 29.7. The number of unbranched alkanes of at least 4 members (excludes halogenated alkanes) is 23. The Balaban J connectivity index is 4.26. The van der Waals surface area contributed by atoms with E-state index in [1.807, 2.05) is 0 Å². The molecule has 0 aromatic carbocycles. The molecule has 0 aromatic rings. The van der Waals surface area contributed by atoms with Gasteiger partial charge < -0.3 is 15.3 Å². The zero-order chi connectivity index (χ0) is 33.6. The molecule has 3 unspecified atom stereocenters. The molecule has 0 aliphatic rings. The summed E-state index contributed by atoms with van der Waals surface area (Å²) in [6, 6.07) is 0. The van der Waals surface area contributed by atoms with Gasteiger partial charge in [0.05, 0.1) is 0 Å². The van der Waals surface area contributed by atoms with Gasteiger partial charge >= 0.3 is 0 Å². The molecule has 0 radical (unpaired) electrons.